The third kappa shape index (κ3) is 3.37. The van der Waals surface area contributed by atoms with Crippen LogP contribution in [0.4, 0.5) is 5.82 Å². The highest BCUT2D eigenvalue weighted by Gasteiger charge is 2.13. The molecule has 0 aliphatic heterocycles. The zero-order chi connectivity index (χ0) is 18.8. The first-order valence-electron chi connectivity index (χ1n) is 8.58. The van der Waals surface area contributed by atoms with E-state index in [1.165, 1.54) is 6.92 Å². The third-order valence-electron chi connectivity index (χ3n) is 4.39. The van der Waals surface area contributed by atoms with Crippen LogP contribution in [0.5, 0.6) is 5.75 Å². The number of phenolic OH excluding ortho intramolecular Hbond substituents is 1. The summed E-state index contributed by atoms with van der Waals surface area (Å²) >= 11 is 0. The first-order valence-corrected chi connectivity index (χ1v) is 8.58. The summed E-state index contributed by atoms with van der Waals surface area (Å²) in [5.41, 5.74) is 3.72. The van der Waals surface area contributed by atoms with E-state index in [0.29, 0.717) is 17.9 Å². The molecule has 134 valence electrons. The number of aromatic hydroxyl groups is 1. The summed E-state index contributed by atoms with van der Waals surface area (Å²) < 4.78 is 0. The molecule has 6 heteroatoms. The standard InChI is InChI=1S/C21H18N4O2/c1-13(26)17-10-14(5-6-19(17)27)18-11-20(25-21-16(18)7-9-23-21)24-12-15-4-2-3-8-22-15/h2-11,27H,12H2,1H3,(H2,23,24,25). The number of pyridine rings is 2. The molecule has 4 aromatic rings. The summed E-state index contributed by atoms with van der Waals surface area (Å²) in [7, 11) is 0. The highest BCUT2D eigenvalue weighted by Crippen LogP contribution is 2.32. The molecule has 0 spiro atoms. The number of nitrogens with zero attached hydrogens (tertiary/aromatic N) is 2. The van der Waals surface area contributed by atoms with Gasteiger partial charge >= 0.3 is 0 Å². The molecule has 0 fully saturated rings. The number of fused-ring (bicyclic) bond motifs is 1. The fourth-order valence-corrected chi connectivity index (χ4v) is 3.04. The predicted molar refractivity (Wildman–Crippen MR) is 105 cm³/mol. The maximum atomic E-state index is 11.8. The lowest BCUT2D eigenvalue weighted by Crippen LogP contribution is -2.03. The maximum Gasteiger partial charge on any atom is 0.163 e. The van der Waals surface area contributed by atoms with Gasteiger partial charge in [-0.2, -0.15) is 0 Å². The molecule has 0 saturated heterocycles. The molecule has 0 unspecified atom stereocenters. The SMILES string of the molecule is CC(=O)c1cc(-c2cc(NCc3ccccn3)nc3[nH]ccc23)ccc1O. The second kappa shape index (κ2) is 6.92. The van der Waals surface area contributed by atoms with Crippen molar-refractivity contribution in [2.45, 2.75) is 13.5 Å². The third-order valence-corrected chi connectivity index (χ3v) is 4.39. The molecule has 0 atom stereocenters. The molecule has 0 aliphatic carbocycles. The second-order valence-electron chi connectivity index (χ2n) is 6.26. The summed E-state index contributed by atoms with van der Waals surface area (Å²) in [4.78, 5) is 23.8. The molecule has 3 N–H and O–H groups in total. The number of rotatable bonds is 5. The largest absolute Gasteiger partial charge is 0.507 e. The van der Waals surface area contributed by atoms with Gasteiger partial charge in [0.25, 0.3) is 0 Å². The zero-order valence-corrected chi connectivity index (χ0v) is 14.7. The number of H-pyrrole nitrogens is 1. The smallest absolute Gasteiger partial charge is 0.163 e. The normalized spacial score (nSPS) is 10.9. The van der Waals surface area contributed by atoms with Crippen molar-refractivity contribution in [2.24, 2.45) is 0 Å². The molecule has 3 heterocycles. The van der Waals surface area contributed by atoms with Crippen molar-refractivity contribution >= 4 is 22.6 Å². The Balaban J connectivity index is 1.75. The fraction of sp³-hybridized carbons (Fsp3) is 0.0952. The molecule has 3 aromatic heterocycles. The van der Waals surface area contributed by atoms with E-state index in [2.05, 4.69) is 20.3 Å². The van der Waals surface area contributed by atoms with Crippen LogP contribution in [0.25, 0.3) is 22.2 Å². The van der Waals surface area contributed by atoms with Crippen LogP contribution in [0, 0.1) is 0 Å². The number of benzene rings is 1. The number of aromatic nitrogens is 3. The van der Waals surface area contributed by atoms with Gasteiger partial charge in [-0.1, -0.05) is 12.1 Å². The van der Waals surface area contributed by atoms with Crippen molar-refractivity contribution in [2.75, 3.05) is 5.32 Å². The second-order valence-corrected chi connectivity index (χ2v) is 6.26. The van der Waals surface area contributed by atoms with Crippen LogP contribution in [-0.4, -0.2) is 25.8 Å². The Kier molecular flexibility index (Phi) is 4.30. The van der Waals surface area contributed by atoms with Gasteiger partial charge in [0.15, 0.2) is 5.78 Å². The van der Waals surface area contributed by atoms with Gasteiger partial charge in [0.05, 0.1) is 17.8 Å². The molecule has 0 radical (unpaired) electrons. The minimum Gasteiger partial charge on any atom is -0.507 e. The van der Waals surface area contributed by atoms with Gasteiger partial charge in [-0.3, -0.25) is 9.78 Å². The first-order chi connectivity index (χ1) is 13.1. The Labute approximate surface area is 155 Å². The van der Waals surface area contributed by atoms with Gasteiger partial charge < -0.3 is 15.4 Å². The maximum absolute atomic E-state index is 11.8. The number of nitrogens with one attached hydrogen (secondary N) is 2. The van der Waals surface area contributed by atoms with E-state index >= 15 is 0 Å². The van der Waals surface area contributed by atoms with Crippen molar-refractivity contribution in [1.82, 2.24) is 15.0 Å². The van der Waals surface area contributed by atoms with E-state index in [-0.39, 0.29) is 11.5 Å². The van der Waals surface area contributed by atoms with Gasteiger partial charge in [-0.05, 0) is 54.4 Å². The quantitative estimate of drug-likeness (QED) is 0.466. The zero-order valence-electron chi connectivity index (χ0n) is 14.7. The summed E-state index contributed by atoms with van der Waals surface area (Å²) in [5.74, 6) is 0.504. The summed E-state index contributed by atoms with van der Waals surface area (Å²) in [5, 5.41) is 14.2. The van der Waals surface area contributed by atoms with Crippen LogP contribution in [0.2, 0.25) is 0 Å². The van der Waals surface area contributed by atoms with Crippen molar-refractivity contribution in [3.63, 3.8) is 0 Å². The van der Waals surface area contributed by atoms with Crippen LogP contribution in [0.15, 0.2) is 60.9 Å². The van der Waals surface area contributed by atoms with Gasteiger partial charge in [0.1, 0.15) is 17.2 Å². The molecule has 0 bridgehead atoms. The molecular weight excluding hydrogens is 340 g/mol. The van der Waals surface area contributed by atoms with Crippen molar-refractivity contribution < 1.29 is 9.90 Å². The van der Waals surface area contributed by atoms with Crippen LogP contribution >= 0.6 is 0 Å². The van der Waals surface area contributed by atoms with E-state index in [1.807, 2.05) is 36.5 Å². The van der Waals surface area contributed by atoms with Crippen molar-refractivity contribution in [3.8, 4) is 16.9 Å². The topological polar surface area (TPSA) is 90.9 Å². The lowest BCUT2D eigenvalue weighted by atomic mass is 9.99. The van der Waals surface area contributed by atoms with E-state index in [0.717, 1.165) is 27.9 Å². The van der Waals surface area contributed by atoms with Crippen LogP contribution in [-0.2, 0) is 6.54 Å². The predicted octanol–water partition coefficient (Wildman–Crippen LogP) is 4.15. The number of Topliss-reactive ketones (excluding diaryl/α,β-unsaturated/α-hetero) is 1. The van der Waals surface area contributed by atoms with Crippen LogP contribution < -0.4 is 5.32 Å². The fourth-order valence-electron chi connectivity index (χ4n) is 3.04. The molecule has 0 amide bonds. The van der Waals surface area contributed by atoms with E-state index < -0.39 is 0 Å². The minimum absolute atomic E-state index is 0.0147. The number of carbonyl (C=O) groups excluding carboxylic acids is 1. The number of phenols is 1. The number of carbonyl (C=O) groups is 1. The average molecular weight is 358 g/mol. The number of hydrogen-bond acceptors (Lipinski definition) is 5. The Hall–Kier alpha value is -3.67. The van der Waals surface area contributed by atoms with Crippen molar-refractivity contribution in [1.29, 1.82) is 0 Å². The lowest BCUT2D eigenvalue weighted by molar-refractivity contribution is 0.101. The molecular formula is C21H18N4O2. The average Bonchev–Trinajstić information content (AvgIpc) is 3.15. The Morgan fingerprint density at radius 3 is 2.85 bits per heavy atom. The van der Waals surface area contributed by atoms with Crippen LogP contribution in [0.1, 0.15) is 23.0 Å². The minimum atomic E-state index is -0.179. The Morgan fingerprint density at radius 2 is 2.07 bits per heavy atom. The van der Waals surface area contributed by atoms with Gasteiger partial charge in [-0.25, -0.2) is 4.98 Å². The molecule has 0 aliphatic rings. The monoisotopic (exact) mass is 358 g/mol. The molecule has 27 heavy (non-hydrogen) atoms. The van der Waals surface area contributed by atoms with E-state index in [1.54, 1.807) is 24.4 Å². The highest BCUT2D eigenvalue weighted by atomic mass is 16.3. The van der Waals surface area contributed by atoms with Gasteiger partial charge in [-0.15, -0.1) is 0 Å². The molecule has 4 rings (SSSR count). The van der Waals surface area contributed by atoms with Crippen LogP contribution in [0.3, 0.4) is 0 Å². The Morgan fingerprint density at radius 1 is 1.19 bits per heavy atom. The number of hydrogen-bond donors (Lipinski definition) is 3. The Bertz CT molecular complexity index is 1120. The number of anilines is 1. The van der Waals surface area contributed by atoms with E-state index in [9.17, 15) is 9.90 Å². The summed E-state index contributed by atoms with van der Waals surface area (Å²) in [6.45, 7) is 1.99. The summed E-state index contributed by atoms with van der Waals surface area (Å²) in [6, 6.07) is 14.7. The summed E-state index contributed by atoms with van der Waals surface area (Å²) in [6.07, 6.45) is 3.58. The number of ketones is 1. The van der Waals surface area contributed by atoms with Gasteiger partial charge in [0.2, 0.25) is 0 Å². The molecule has 0 saturated carbocycles. The van der Waals surface area contributed by atoms with Gasteiger partial charge in [0, 0.05) is 17.8 Å². The van der Waals surface area contributed by atoms with Crippen molar-refractivity contribution in [3.05, 3.63) is 72.2 Å². The number of aromatic amines is 1. The molecule has 6 nitrogen and oxygen atoms in total. The lowest BCUT2D eigenvalue weighted by Gasteiger charge is -2.11. The van der Waals surface area contributed by atoms with E-state index in [4.69, 9.17) is 0 Å². The molecule has 1 aromatic carbocycles. The first kappa shape index (κ1) is 16.8. The highest BCUT2D eigenvalue weighted by molar-refractivity contribution is 6.00.